The van der Waals surface area contributed by atoms with Crippen LogP contribution in [0.15, 0.2) is 53.3 Å². The topological polar surface area (TPSA) is 114 Å². The van der Waals surface area contributed by atoms with Gasteiger partial charge in [-0.05, 0) is 50.1 Å². The zero-order valence-electron chi connectivity index (χ0n) is 17.6. The molecule has 1 heterocycles. The molecule has 4 rings (SSSR count). The van der Waals surface area contributed by atoms with Crippen LogP contribution in [0.2, 0.25) is 0 Å². The van der Waals surface area contributed by atoms with Gasteiger partial charge in [-0.3, -0.25) is 19.0 Å². The number of rotatable bonds is 7. The van der Waals surface area contributed by atoms with E-state index < -0.39 is 18.0 Å². The van der Waals surface area contributed by atoms with Crippen LogP contribution in [0.25, 0.3) is 10.9 Å². The summed E-state index contributed by atoms with van der Waals surface area (Å²) in [4.78, 5) is 42.2. The molecule has 1 aromatic heterocycles. The highest BCUT2D eigenvalue weighted by atomic mass is 16.5. The largest absolute Gasteiger partial charge is 0.453 e. The molecule has 1 aliphatic rings. The van der Waals surface area contributed by atoms with E-state index >= 15 is 0 Å². The number of carbonyl (C=O) groups is 2. The van der Waals surface area contributed by atoms with Gasteiger partial charge >= 0.3 is 5.97 Å². The summed E-state index contributed by atoms with van der Waals surface area (Å²) < 4.78 is 6.95. The molecule has 1 fully saturated rings. The molecule has 0 bridgehead atoms. The van der Waals surface area contributed by atoms with Crippen LogP contribution in [0.5, 0.6) is 0 Å². The Hall–Kier alpha value is -3.99. The molecule has 0 aliphatic heterocycles. The number of benzene rings is 2. The summed E-state index contributed by atoms with van der Waals surface area (Å²) in [6, 6.07) is 15.8. The minimum Gasteiger partial charge on any atom is -0.453 e. The normalized spacial score (nSPS) is 13.9. The molecule has 1 unspecified atom stereocenters. The molecule has 162 valence electrons. The number of nitrogens with one attached hydrogen (secondary N) is 1. The Morgan fingerprint density at radius 3 is 2.78 bits per heavy atom. The molecule has 8 heteroatoms. The van der Waals surface area contributed by atoms with E-state index in [-0.39, 0.29) is 24.4 Å². The molecule has 1 aliphatic carbocycles. The third kappa shape index (κ3) is 4.67. The number of fused-ring (bicyclic) bond motifs is 1. The zero-order chi connectivity index (χ0) is 22.7. The maximum absolute atomic E-state index is 12.9. The fourth-order valence-electron chi connectivity index (χ4n) is 3.51. The lowest BCUT2D eigenvalue weighted by atomic mass is 10.2. The van der Waals surface area contributed by atoms with Gasteiger partial charge in [0.2, 0.25) is 0 Å². The van der Waals surface area contributed by atoms with Gasteiger partial charge in [-0.1, -0.05) is 18.2 Å². The predicted octanol–water partition coefficient (Wildman–Crippen LogP) is 3.11. The molecule has 0 saturated heterocycles. The first-order valence-electron chi connectivity index (χ1n) is 10.5. The van der Waals surface area contributed by atoms with Crippen molar-refractivity contribution in [1.29, 1.82) is 5.26 Å². The lowest BCUT2D eigenvalue weighted by Gasteiger charge is -2.15. The summed E-state index contributed by atoms with van der Waals surface area (Å²) in [6.07, 6.45) is 1.07. The molecule has 0 radical (unpaired) electrons. The van der Waals surface area contributed by atoms with Crippen LogP contribution in [0.4, 0.5) is 5.69 Å². The molecule has 1 saturated carbocycles. The van der Waals surface area contributed by atoms with Crippen LogP contribution in [0.1, 0.15) is 43.6 Å². The van der Waals surface area contributed by atoms with Gasteiger partial charge in [0.25, 0.3) is 11.5 Å². The van der Waals surface area contributed by atoms with Crippen LogP contribution in [-0.4, -0.2) is 27.5 Å². The third-order valence-corrected chi connectivity index (χ3v) is 5.28. The summed E-state index contributed by atoms with van der Waals surface area (Å²) in [7, 11) is 0. The molecule has 2 aromatic carbocycles. The van der Waals surface area contributed by atoms with Gasteiger partial charge in [0, 0.05) is 18.2 Å². The second-order valence-electron chi connectivity index (χ2n) is 7.77. The molecule has 1 atom stereocenters. The van der Waals surface area contributed by atoms with Gasteiger partial charge in [-0.15, -0.1) is 0 Å². The number of hydrogen-bond acceptors (Lipinski definition) is 6. The van der Waals surface area contributed by atoms with E-state index in [0.29, 0.717) is 28.0 Å². The number of ether oxygens (including phenoxy) is 1. The number of hydrogen-bond donors (Lipinski definition) is 1. The summed E-state index contributed by atoms with van der Waals surface area (Å²) in [5.74, 6) is -0.492. The molecular formula is C24H22N4O4. The number of aromatic nitrogens is 2. The number of aryl methyl sites for hydroxylation is 1. The number of nitrogens with zero attached hydrogens (tertiary/aromatic N) is 3. The number of esters is 1. The van der Waals surface area contributed by atoms with E-state index in [4.69, 9.17) is 10.00 Å². The lowest BCUT2D eigenvalue weighted by Crippen LogP contribution is -2.30. The molecule has 1 amide bonds. The Labute approximate surface area is 184 Å². The minimum atomic E-state index is -1.01. The first-order valence-corrected chi connectivity index (χ1v) is 10.5. The number of nitriles is 1. The maximum atomic E-state index is 12.9. The second kappa shape index (κ2) is 9.02. The fourth-order valence-corrected chi connectivity index (χ4v) is 3.51. The molecule has 0 spiro atoms. The summed E-state index contributed by atoms with van der Waals surface area (Å²) >= 11 is 0. The number of para-hydroxylation sites is 1. The highest BCUT2D eigenvalue weighted by Crippen LogP contribution is 2.34. The Balaban J connectivity index is 1.40. The monoisotopic (exact) mass is 430 g/mol. The van der Waals surface area contributed by atoms with E-state index in [1.807, 2.05) is 18.2 Å². The van der Waals surface area contributed by atoms with Gasteiger partial charge in [-0.2, -0.15) is 5.26 Å². The second-order valence-corrected chi connectivity index (χ2v) is 7.77. The molecular weight excluding hydrogens is 408 g/mol. The molecule has 32 heavy (non-hydrogen) atoms. The van der Waals surface area contributed by atoms with Crippen molar-refractivity contribution in [2.45, 2.75) is 44.8 Å². The van der Waals surface area contributed by atoms with Crippen molar-refractivity contribution in [2.24, 2.45) is 0 Å². The summed E-state index contributed by atoms with van der Waals surface area (Å²) in [5.41, 5.74) is 1.38. The van der Waals surface area contributed by atoms with E-state index in [0.717, 1.165) is 12.8 Å². The van der Waals surface area contributed by atoms with Crippen LogP contribution in [0, 0.1) is 11.3 Å². The smallest absolute Gasteiger partial charge is 0.307 e. The third-order valence-electron chi connectivity index (χ3n) is 5.28. The first kappa shape index (κ1) is 21.2. The van der Waals surface area contributed by atoms with Crippen LogP contribution >= 0.6 is 0 Å². The van der Waals surface area contributed by atoms with Gasteiger partial charge in [-0.25, -0.2) is 4.98 Å². The Morgan fingerprint density at radius 1 is 1.25 bits per heavy atom. The maximum Gasteiger partial charge on any atom is 0.307 e. The quantitative estimate of drug-likeness (QED) is 0.576. The highest BCUT2D eigenvalue weighted by molar-refractivity contribution is 5.95. The zero-order valence-corrected chi connectivity index (χ0v) is 17.6. The lowest BCUT2D eigenvalue weighted by molar-refractivity contribution is -0.153. The first-order chi connectivity index (χ1) is 15.5. The Bertz CT molecular complexity index is 1290. The summed E-state index contributed by atoms with van der Waals surface area (Å²) in [6.45, 7) is 1.48. The Morgan fingerprint density at radius 2 is 2.03 bits per heavy atom. The van der Waals surface area contributed by atoms with Crippen molar-refractivity contribution in [3.63, 3.8) is 0 Å². The standard InChI is InChI=1S/C24H22N4O4/c1-15(23(30)26-17-6-4-5-16(13-17)14-25)32-22(29)12-11-21-27-20-8-3-2-7-19(20)24(31)28(21)18-9-10-18/h2-8,13,15,18H,9-12H2,1H3,(H,26,30). The number of carbonyl (C=O) groups excluding carboxylic acids is 2. The average Bonchev–Trinajstić information content (AvgIpc) is 3.63. The Kier molecular flexibility index (Phi) is 5.99. The summed E-state index contributed by atoms with van der Waals surface area (Å²) in [5, 5.41) is 12.1. The van der Waals surface area contributed by atoms with Crippen molar-refractivity contribution < 1.29 is 14.3 Å². The van der Waals surface area contributed by atoms with Crippen molar-refractivity contribution in [3.8, 4) is 6.07 Å². The van der Waals surface area contributed by atoms with Crippen LogP contribution in [0.3, 0.4) is 0 Å². The molecule has 8 nitrogen and oxygen atoms in total. The molecule has 3 aromatic rings. The SMILES string of the molecule is CC(OC(=O)CCc1nc2ccccc2c(=O)n1C1CC1)C(=O)Nc1cccc(C#N)c1. The number of anilines is 1. The van der Waals surface area contributed by atoms with E-state index in [9.17, 15) is 14.4 Å². The van der Waals surface area contributed by atoms with Gasteiger partial charge in [0.05, 0.1) is 29.0 Å². The van der Waals surface area contributed by atoms with Crippen molar-refractivity contribution in [1.82, 2.24) is 9.55 Å². The minimum absolute atomic E-state index is 0.000955. The van der Waals surface area contributed by atoms with Crippen molar-refractivity contribution in [3.05, 3.63) is 70.3 Å². The van der Waals surface area contributed by atoms with Gasteiger partial charge < -0.3 is 10.1 Å². The van der Waals surface area contributed by atoms with Gasteiger partial charge in [0.1, 0.15) is 5.82 Å². The van der Waals surface area contributed by atoms with E-state index in [2.05, 4.69) is 10.3 Å². The van der Waals surface area contributed by atoms with Crippen LogP contribution < -0.4 is 10.9 Å². The van der Waals surface area contributed by atoms with Gasteiger partial charge in [0.15, 0.2) is 6.10 Å². The van der Waals surface area contributed by atoms with Crippen molar-refractivity contribution in [2.75, 3.05) is 5.32 Å². The number of amides is 1. The predicted molar refractivity (Wildman–Crippen MR) is 118 cm³/mol. The highest BCUT2D eigenvalue weighted by Gasteiger charge is 2.28. The fraction of sp³-hybridized carbons (Fsp3) is 0.292. The average molecular weight is 430 g/mol. The van der Waals surface area contributed by atoms with E-state index in [1.54, 1.807) is 34.9 Å². The van der Waals surface area contributed by atoms with Crippen LogP contribution in [-0.2, 0) is 20.7 Å². The van der Waals surface area contributed by atoms with E-state index in [1.165, 1.54) is 13.0 Å². The van der Waals surface area contributed by atoms with Crippen molar-refractivity contribution >= 4 is 28.5 Å². The molecule has 1 N–H and O–H groups in total.